The fourth-order valence-electron chi connectivity index (χ4n) is 1.45. The second kappa shape index (κ2) is 5.64. The maximum atomic E-state index is 12.0. The standard InChI is InChI=1S/C12H13ClN4OS/c1-6(14)12-17-9(5-19-12)11(18)16-8-3-4-10(13)15-7(8)2/h3-6H,14H2,1-2H3,(H,16,18). The van der Waals surface area contributed by atoms with Crippen molar-refractivity contribution in [1.82, 2.24) is 9.97 Å². The number of nitrogens with zero attached hydrogens (tertiary/aromatic N) is 2. The van der Waals surface area contributed by atoms with E-state index >= 15 is 0 Å². The van der Waals surface area contributed by atoms with Crippen molar-refractivity contribution >= 4 is 34.5 Å². The summed E-state index contributed by atoms with van der Waals surface area (Å²) in [7, 11) is 0. The van der Waals surface area contributed by atoms with Gasteiger partial charge >= 0.3 is 0 Å². The number of anilines is 1. The molecule has 1 amide bonds. The second-order valence-corrected chi connectivity index (χ2v) is 5.36. The molecule has 3 N–H and O–H groups in total. The molecule has 2 heterocycles. The molecule has 100 valence electrons. The van der Waals surface area contributed by atoms with E-state index in [9.17, 15) is 4.79 Å². The van der Waals surface area contributed by atoms with Gasteiger partial charge in [0, 0.05) is 5.38 Å². The van der Waals surface area contributed by atoms with Gasteiger partial charge in [0.2, 0.25) is 0 Å². The lowest BCUT2D eigenvalue weighted by atomic mass is 10.3. The number of hydrogen-bond acceptors (Lipinski definition) is 5. The van der Waals surface area contributed by atoms with Crippen LogP contribution >= 0.6 is 22.9 Å². The van der Waals surface area contributed by atoms with Crippen LogP contribution in [-0.4, -0.2) is 15.9 Å². The highest BCUT2D eigenvalue weighted by Gasteiger charge is 2.14. The summed E-state index contributed by atoms with van der Waals surface area (Å²) in [6.45, 7) is 3.60. The Hall–Kier alpha value is -1.50. The Labute approximate surface area is 119 Å². The van der Waals surface area contributed by atoms with Gasteiger partial charge in [-0.2, -0.15) is 0 Å². The molecule has 0 aliphatic heterocycles. The van der Waals surface area contributed by atoms with Crippen LogP contribution < -0.4 is 11.1 Å². The van der Waals surface area contributed by atoms with E-state index < -0.39 is 0 Å². The molecule has 0 saturated heterocycles. The number of rotatable bonds is 3. The number of nitrogens with one attached hydrogen (secondary N) is 1. The van der Waals surface area contributed by atoms with Gasteiger partial charge in [-0.15, -0.1) is 11.3 Å². The molecule has 1 atom stereocenters. The van der Waals surface area contributed by atoms with E-state index in [1.807, 2.05) is 6.92 Å². The lowest BCUT2D eigenvalue weighted by molar-refractivity contribution is 0.102. The number of carbonyl (C=O) groups is 1. The summed E-state index contributed by atoms with van der Waals surface area (Å²) >= 11 is 7.13. The number of nitrogens with two attached hydrogens (primary N) is 1. The number of pyridine rings is 1. The highest BCUT2D eigenvalue weighted by molar-refractivity contribution is 7.09. The summed E-state index contributed by atoms with van der Waals surface area (Å²) < 4.78 is 0. The first-order chi connectivity index (χ1) is 8.97. The van der Waals surface area contributed by atoms with E-state index in [0.29, 0.717) is 22.2 Å². The maximum absolute atomic E-state index is 12.0. The van der Waals surface area contributed by atoms with Gasteiger partial charge in [0.15, 0.2) is 0 Å². The van der Waals surface area contributed by atoms with Gasteiger partial charge < -0.3 is 11.1 Å². The van der Waals surface area contributed by atoms with Crippen molar-refractivity contribution in [2.24, 2.45) is 5.73 Å². The fourth-order valence-corrected chi connectivity index (χ4v) is 2.40. The van der Waals surface area contributed by atoms with E-state index in [1.54, 1.807) is 24.4 Å². The van der Waals surface area contributed by atoms with Crippen LogP contribution in [0.25, 0.3) is 0 Å². The van der Waals surface area contributed by atoms with Crippen LogP contribution in [0.15, 0.2) is 17.5 Å². The molecule has 2 rings (SSSR count). The third-order valence-corrected chi connectivity index (χ3v) is 3.70. The topological polar surface area (TPSA) is 80.9 Å². The molecule has 0 bridgehead atoms. The van der Waals surface area contributed by atoms with E-state index in [4.69, 9.17) is 17.3 Å². The number of carbonyl (C=O) groups excluding carboxylic acids is 1. The van der Waals surface area contributed by atoms with Crippen molar-refractivity contribution < 1.29 is 4.79 Å². The summed E-state index contributed by atoms with van der Waals surface area (Å²) in [4.78, 5) is 20.3. The normalized spacial score (nSPS) is 12.2. The monoisotopic (exact) mass is 296 g/mol. The predicted molar refractivity (Wildman–Crippen MR) is 76.7 cm³/mol. The van der Waals surface area contributed by atoms with Crippen LogP contribution in [0.3, 0.4) is 0 Å². The minimum absolute atomic E-state index is 0.175. The lowest BCUT2D eigenvalue weighted by Gasteiger charge is -2.06. The van der Waals surface area contributed by atoms with E-state index in [2.05, 4.69) is 15.3 Å². The quantitative estimate of drug-likeness (QED) is 0.853. The Kier molecular flexibility index (Phi) is 4.14. The van der Waals surface area contributed by atoms with Crippen molar-refractivity contribution in [2.45, 2.75) is 19.9 Å². The van der Waals surface area contributed by atoms with Gasteiger partial charge in [-0.1, -0.05) is 11.6 Å². The Morgan fingerprint density at radius 3 is 2.79 bits per heavy atom. The molecule has 7 heteroatoms. The zero-order chi connectivity index (χ0) is 14.0. The molecule has 19 heavy (non-hydrogen) atoms. The van der Waals surface area contributed by atoms with Gasteiger partial charge in [-0.05, 0) is 26.0 Å². The van der Waals surface area contributed by atoms with Crippen molar-refractivity contribution in [2.75, 3.05) is 5.32 Å². The van der Waals surface area contributed by atoms with Gasteiger partial charge in [0.1, 0.15) is 15.9 Å². The highest BCUT2D eigenvalue weighted by atomic mass is 35.5. The molecule has 0 radical (unpaired) electrons. The predicted octanol–water partition coefficient (Wildman–Crippen LogP) is 2.77. The summed E-state index contributed by atoms with van der Waals surface area (Å²) in [6.07, 6.45) is 0. The molecular formula is C12H13ClN4OS. The molecule has 0 spiro atoms. The van der Waals surface area contributed by atoms with Crippen LogP contribution in [0.4, 0.5) is 5.69 Å². The maximum Gasteiger partial charge on any atom is 0.275 e. The van der Waals surface area contributed by atoms with Crippen molar-refractivity contribution in [1.29, 1.82) is 0 Å². The third-order valence-electron chi connectivity index (χ3n) is 2.44. The first-order valence-corrected chi connectivity index (χ1v) is 6.88. The van der Waals surface area contributed by atoms with Crippen LogP contribution in [0.2, 0.25) is 5.15 Å². The Bertz CT molecular complexity index is 612. The number of thiazole rings is 1. The van der Waals surface area contributed by atoms with Crippen LogP contribution in [-0.2, 0) is 0 Å². The molecule has 1 unspecified atom stereocenters. The van der Waals surface area contributed by atoms with Crippen molar-refractivity contribution in [3.8, 4) is 0 Å². The molecule has 0 saturated carbocycles. The van der Waals surface area contributed by atoms with Gasteiger partial charge in [0.05, 0.1) is 17.4 Å². The number of amides is 1. The zero-order valence-corrected chi connectivity index (χ0v) is 12.0. The van der Waals surface area contributed by atoms with Gasteiger partial charge in [-0.25, -0.2) is 9.97 Å². The molecule has 2 aromatic rings. The molecular weight excluding hydrogens is 284 g/mol. The first kappa shape index (κ1) is 13.9. The third kappa shape index (κ3) is 3.28. The van der Waals surface area contributed by atoms with E-state index in [1.165, 1.54) is 11.3 Å². The minimum atomic E-state index is -0.282. The SMILES string of the molecule is Cc1nc(Cl)ccc1NC(=O)c1csc(C(C)N)n1. The highest BCUT2D eigenvalue weighted by Crippen LogP contribution is 2.19. The first-order valence-electron chi connectivity index (χ1n) is 5.63. The van der Waals surface area contributed by atoms with E-state index in [0.717, 1.165) is 5.01 Å². The van der Waals surface area contributed by atoms with Crippen molar-refractivity contribution in [3.05, 3.63) is 39.1 Å². The number of aromatic nitrogens is 2. The van der Waals surface area contributed by atoms with Gasteiger partial charge in [0.25, 0.3) is 5.91 Å². The average molecular weight is 297 g/mol. The Morgan fingerprint density at radius 2 is 2.21 bits per heavy atom. The van der Waals surface area contributed by atoms with E-state index in [-0.39, 0.29) is 11.9 Å². The molecule has 5 nitrogen and oxygen atoms in total. The summed E-state index contributed by atoms with van der Waals surface area (Å²) in [6, 6.07) is 3.16. The molecule has 0 aromatic carbocycles. The number of aryl methyl sites for hydroxylation is 1. The van der Waals surface area contributed by atoms with Crippen LogP contribution in [0.5, 0.6) is 0 Å². The minimum Gasteiger partial charge on any atom is -0.322 e. The molecule has 2 aromatic heterocycles. The largest absolute Gasteiger partial charge is 0.322 e. The smallest absolute Gasteiger partial charge is 0.275 e. The molecule has 0 fully saturated rings. The lowest BCUT2D eigenvalue weighted by Crippen LogP contribution is -2.14. The summed E-state index contributed by atoms with van der Waals surface area (Å²) in [5.41, 5.74) is 7.34. The molecule has 0 aliphatic carbocycles. The second-order valence-electron chi connectivity index (χ2n) is 4.08. The molecule has 0 aliphatic rings. The Morgan fingerprint density at radius 1 is 1.47 bits per heavy atom. The average Bonchev–Trinajstić information content (AvgIpc) is 2.82. The number of halogens is 1. The van der Waals surface area contributed by atoms with Crippen LogP contribution in [0.1, 0.15) is 34.2 Å². The van der Waals surface area contributed by atoms with Crippen molar-refractivity contribution in [3.63, 3.8) is 0 Å². The Balaban J connectivity index is 2.16. The fraction of sp³-hybridized carbons (Fsp3) is 0.250. The summed E-state index contributed by atoms with van der Waals surface area (Å²) in [5, 5.41) is 5.56. The number of hydrogen-bond donors (Lipinski definition) is 2. The summed E-state index contributed by atoms with van der Waals surface area (Å²) in [5.74, 6) is -0.282. The van der Waals surface area contributed by atoms with Gasteiger partial charge in [-0.3, -0.25) is 4.79 Å². The van der Waals surface area contributed by atoms with Crippen LogP contribution in [0, 0.1) is 6.92 Å². The zero-order valence-electron chi connectivity index (χ0n) is 10.5.